The first kappa shape index (κ1) is 22.6. The standard InChI is InChI=1S/C22H35N3O5/c1-7-14-17-15(25(19(14)27)18(26)13-8-9-13)10-11-24(17)20(28)16(12(2)3)23-21(29)30-22(4,5)6/h12-17H,7-11H2,1-6H3,(H,23,29)/t14-,15-,16-,17+/m0/s1. The molecule has 4 atom stereocenters. The number of hydrogen-bond acceptors (Lipinski definition) is 5. The van der Waals surface area contributed by atoms with Gasteiger partial charge >= 0.3 is 6.09 Å². The highest BCUT2D eigenvalue weighted by Gasteiger charge is 2.58. The number of carbonyl (C=O) groups is 4. The molecule has 30 heavy (non-hydrogen) atoms. The van der Waals surface area contributed by atoms with E-state index in [1.54, 1.807) is 25.7 Å². The van der Waals surface area contributed by atoms with Crippen molar-refractivity contribution in [2.75, 3.05) is 6.54 Å². The molecule has 8 heteroatoms. The summed E-state index contributed by atoms with van der Waals surface area (Å²) in [5.74, 6) is -0.998. The first-order chi connectivity index (χ1) is 14.0. The Kier molecular flexibility index (Phi) is 6.16. The van der Waals surface area contributed by atoms with Crippen LogP contribution in [0.25, 0.3) is 0 Å². The van der Waals surface area contributed by atoms with E-state index in [0.717, 1.165) is 12.8 Å². The summed E-state index contributed by atoms with van der Waals surface area (Å²) >= 11 is 0. The summed E-state index contributed by atoms with van der Waals surface area (Å²) in [4.78, 5) is 54.7. The predicted molar refractivity (Wildman–Crippen MR) is 110 cm³/mol. The molecule has 4 amide bonds. The zero-order valence-electron chi connectivity index (χ0n) is 18.9. The van der Waals surface area contributed by atoms with Gasteiger partial charge in [-0.1, -0.05) is 20.8 Å². The molecule has 2 aliphatic heterocycles. The predicted octanol–water partition coefficient (Wildman–Crippen LogP) is 2.31. The Morgan fingerprint density at radius 3 is 2.30 bits per heavy atom. The minimum atomic E-state index is -0.751. The average Bonchev–Trinajstić information content (AvgIpc) is 3.34. The van der Waals surface area contributed by atoms with E-state index in [1.807, 2.05) is 20.8 Å². The Hall–Kier alpha value is -2.12. The van der Waals surface area contributed by atoms with Crippen LogP contribution in [0.4, 0.5) is 4.79 Å². The maximum absolute atomic E-state index is 13.5. The number of fused-ring (bicyclic) bond motifs is 1. The van der Waals surface area contributed by atoms with Crippen molar-refractivity contribution in [2.45, 2.75) is 91.0 Å². The molecule has 0 spiro atoms. The molecule has 1 aliphatic carbocycles. The number of imide groups is 1. The Bertz CT molecular complexity index is 725. The van der Waals surface area contributed by atoms with Crippen LogP contribution in [0.1, 0.15) is 67.2 Å². The molecule has 0 aromatic carbocycles. The van der Waals surface area contributed by atoms with E-state index < -0.39 is 17.7 Å². The third-order valence-electron chi connectivity index (χ3n) is 6.21. The van der Waals surface area contributed by atoms with Crippen molar-refractivity contribution in [1.82, 2.24) is 15.1 Å². The summed E-state index contributed by atoms with van der Waals surface area (Å²) in [7, 11) is 0. The molecule has 168 valence electrons. The lowest BCUT2D eigenvalue weighted by Gasteiger charge is -2.32. The van der Waals surface area contributed by atoms with Gasteiger partial charge in [-0.15, -0.1) is 0 Å². The van der Waals surface area contributed by atoms with Gasteiger partial charge in [-0.05, 0) is 52.4 Å². The van der Waals surface area contributed by atoms with Gasteiger partial charge < -0.3 is 15.0 Å². The Labute approximate surface area is 178 Å². The summed E-state index contributed by atoms with van der Waals surface area (Å²) in [6.07, 6.45) is 2.22. The van der Waals surface area contributed by atoms with Crippen LogP contribution in [0.3, 0.4) is 0 Å². The lowest BCUT2D eigenvalue weighted by Crippen LogP contribution is -2.55. The monoisotopic (exact) mass is 421 g/mol. The minimum Gasteiger partial charge on any atom is -0.444 e. The maximum atomic E-state index is 13.5. The lowest BCUT2D eigenvalue weighted by atomic mass is 9.95. The molecule has 3 fully saturated rings. The molecule has 3 aliphatic rings. The van der Waals surface area contributed by atoms with E-state index in [1.165, 1.54) is 4.90 Å². The second-order valence-corrected chi connectivity index (χ2v) is 10.1. The fourth-order valence-electron chi connectivity index (χ4n) is 4.65. The van der Waals surface area contributed by atoms with Gasteiger partial charge in [-0.25, -0.2) is 4.79 Å². The molecule has 0 unspecified atom stereocenters. The molecular formula is C22H35N3O5. The second kappa shape index (κ2) is 8.19. The summed E-state index contributed by atoms with van der Waals surface area (Å²) in [6.45, 7) is 11.4. The quantitative estimate of drug-likeness (QED) is 0.687. The molecule has 3 rings (SSSR count). The zero-order valence-corrected chi connectivity index (χ0v) is 18.9. The van der Waals surface area contributed by atoms with Gasteiger partial charge in [0.1, 0.15) is 11.6 Å². The highest BCUT2D eigenvalue weighted by atomic mass is 16.6. The van der Waals surface area contributed by atoms with Crippen LogP contribution >= 0.6 is 0 Å². The van der Waals surface area contributed by atoms with E-state index in [9.17, 15) is 19.2 Å². The number of nitrogens with zero attached hydrogens (tertiary/aromatic N) is 2. The fourth-order valence-corrected chi connectivity index (χ4v) is 4.65. The van der Waals surface area contributed by atoms with Crippen LogP contribution in [-0.4, -0.2) is 63.9 Å². The summed E-state index contributed by atoms with van der Waals surface area (Å²) in [5.41, 5.74) is -0.664. The van der Waals surface area contributed by atoms with E-state index >= 15 is 0 Å². The van der Waals surface area contributed by atoms with Gasteiger partial charge in [0.15, 0.2) is 0 Å². The highest BCUT2D eigenvalue weighted by molar-refractivity contribution is 6.01. The van der Waals surface area contributed by atoms with E-state index in [-0.39, 0.29) is 47.6 Å². The third kappa shape index (κ3) is 4.32. The molecular weight excluding hydrogens is 386 g/mol. The van der Waals surface area contributed by atoms with E-state index in [4.69, 9.17) is 4.74 Å². The largest absolute Gasteiger partial charge is 0.444 e. The smallest absolute Gasteiger partial charge is 0.408 e. The van der Waals surface area contributed by atoms with Crippen molar-refractivity contribution in [3.8, 4) is 0 Å². The van der Waals surface area contributed by atoms with Gasteiger partial charge in [0.25, 0.3) is 0 Å². The molecule has 0 aromatic rings. The number of rotatable bonds is 5. The Morgan fingerprint density at radius 2 is 1.80 bits per heavy atom. The molecule has 0 bridgehead atoms. The van der Waals surface area contributed by atoms with Crippen LogP contribution in [0.2, 0.25) is 0 Å². The van der Waals surface area contributed by atoms with Crippen molar-refractivity contribution in [3.63, 3.8) is 0 Å². The number of carbonyl (C=O) groups excluding carboxylic acids is 4. The van der Waals surface area contributed by atoms with E-state index in [0.29, 0.717) is 19.4 Å². The van der Waals surface area contributed by atoms with Crippen molar-refractivity contribution < 1.29 is 23.9 Å². The third-order valence-corrected chi connectivity index (χ3v) is 6.21. The molecule has 2 saturated heterocycles. The van der Waals surface area contributed by atoms with Gasteiger partial charge in [0.05, 0.1) is 18.0 Å². The number of ether oxygens (including phenoxy) is 1. The fraction of sp³-hybridized carbons (Fsp3) is 0.818. The first-order valence-corrected chi connectivity index (χ1v) is 11.1. The molecule has 8 nitrogen and oxygen atoms in total. The van der Waals surface area contributed by atoms with Crippen LogP contribution in [0.5, 0.6) is 0 Å². The molecule has 2 heterocycles. The minimum absolute atomic E-state index is 0.0350. The van der Waals surface area contributed by atoms with Crippen molar-refractivity contribution in [2.24, 2.45) is 17.8 Å². The van der Waals surface area contributed by atoms with Crippen LogP contribution < -0.4 is 5.32 Å². The number of amides is 4. The summed E-state index contributed by atoms with van der Waals surface area (Å²) < 4.78 is 5.33. The van der Waals surface area contributed by atoms with Crippen molar-refractivity contribution in [1.29, 1.82) is 0 Å². The molecule has 0 radical (unpaired) electrons. The Balaban J connectivity index is 1.78. The van der Waals surface area contributed by atoms with Gasteiger partial charge in [-0.3, -0.25) is 19.3 Å². The van der Waals surface area contributed by atoms with Crippen molar-refractivity contribution >= 4 is 23.8 Å². The van der Waals surface area contributed by atoms with E-state index in [2.05, 4.69) is 5.32 Å². The molecule has 1 N–H and O–H groups in total. The van der Waals surface area contributed by atoms with Crippen LogP contribution in [0, 0.1) is 17.8 Å². The molecule has 0 aromatic heterocycles. The number of alkyl carbamates (subject to hydrolysis) is 1. The topological polar surface area (TPSA) is 96.0 Å². The van der Waals surface area contributed by atoms with Crippen LogP contribution in [-0.2, 0) is 19.1 Å². The lowest BCUT2D eigenvalue weighted by molar-refractivity contribution is -0.146. The van der Waals surface area contributed by atoms with Crippen LogP contribution in [0.15, 0.2) is 0 Å². The number of likely N-dealkylation sites (tertiary alicyclic amines) is 2. The normalized spacial score (nSPS) is 27.3. The maximum Gasteiger partial charge on any atom is 0.408 e. The summed E-state index contributed by atoms with van der Waals surface area (Å²) in [5, 5.41) is 2.72. The van der Waals surface area contributed by atoms with Gasteiger partial charge in [0.2, 0.25) is 17.7 Å². The van der Waals surface area contributed by atoms with Gasteiger partial charge in [0, 0.05) is 12.5 Å². The number of nitrogens with one attached hydrogen (secondary N) is 1. The SMILES string of the molecule is CC[C@@H]1C(=O)N(C(=O)C2CC2)[C@H]2CCN(C(=O)[C@@H](NC(=O)OC(C)(C)C)C(C)C)[C@H]12. The molecule has 1 saturated carbocycles. The first-order valence-electron chi connectivity index (χ1n) is 11.1. The Morgan fingerprint density at radius 1 is 1.17 bits per heavy atom. The average molecular weight is 422 g/mol. The van der Waals surface area contributed by atoms with Crippen molar-refractivity contribution in [3.05, 3.63) is 0 Å². The summed E-state index contributed by atoms with van der Waals surface area (Å²) in [6, 6.07) is -1.33. The second-order valence-electron chi connectivity index (χ2n) is 10.1. The number of hydrogen-bond donors (Lipinski definition) is 1. The zero-order chi connectivity index (χ0) is 22.4. The van der Waals surface area contributed by atoms with Gasteiger partial charge in [-0.2, -0.15) is 0 Å². The highest BCUT2D eigenvalue weighted by Crippen LogP contribution is 2.42.